The Morgan fingerprint density at radius 1 is 0.652 bits per heavy atom. The Balaban J connectivity index is 1.20. The van der Waals surface area contributed by atoms with Crippen LogP contribution >= 0.6 is 23.2 Å². The number of aliphatic hydroxyl groups is 1. The lowest BCUT2D eigenvalue weighted by Gasteiger charge is -2.31. The predicted molar refractivity (Wildman–Crippen MR) is 317 cm³/mol. The Hall–Kier alpha value is -9.98. The van der Waals surface area contributed by atoms with Crippen molar-refractivity contribution in [2.24, 2.45) is 0 Å². The van der Waals surface area contributed by atoms with Crippen LogP contribution in [0.25, 0.3) is 11.1 Å². The number of halogens is 2. The van der Waals surface area contributed by atoms with E-state index in [9.17, 15) is 49.5 Å². The molecule has 0 saturated carbocycles. The van der Waals surface area contributed by atoms with Crippen molar-refractivity contribution in [3.8, 4) is 57.1 Å². The van der Waals surface area contributed by atoms with Gasteiger partial charge in [-0.05, 0) is 122 Å². The number of fused-ring (bicyclic) bond motifs is 15. The summed E-state index contributed by atoms with van der Waals surface area (Å²) < 4.78 is 28.4. The van der Waals surface area contributed by atoms with Gasteiger partial charge in [-0.1, -0.05) is 71.7 Å². The van der Waals surface area contributed by atoms with Crippen molar-refractivity contribution in [2.75, 3.05) is 13.7 Å². The van der Waals surface area contributed by atoms with Gasteiger partial charge in [-0.25, -0.2) is 14.4 Å². The third kappa shape index (κ3) is 15.1. The molecule has 89 heavy (non-hydrogen) atoms. The van der Waals surface area contributed by atoms with Crippen molar-refractivity contribution < 1.29 is 87.6 Å². The third-order valence-electron chi connectivity index (χ3n) is 14.4. The minimum Gasteiger partial charge on any atom is -0.508 e. The zero-order valence-electron chi connectivity index (χ0n) is 48.0. The lowest BCUT2D eigenvalue weighted by Crippen LogP contribution is -2.56. The molecule has 6 aromatic rings. The van der Waals surface area contributed by atoms with Gasteiger partial charge in [0, 0.05) is 35.7 Å². The van der Waals surface area contributed by atoms with E-state index < -0.39 is 130 Å². The minimum absolute atomic E-state index is 0.0454. The van der Waals surface area contributed by atoms with E-state index in [0.717, 1.165) is 43.5 Å². The summed E-state index contributed by atoms with van der Waals surface area (Å²) in [5.74, 6) is -10.8. The van der Waals surface area contributed by atoms with E-state index in [4.69, 9.17) is 46.9 Å². The lowest BCUT2D eigenvalue weighted by molar-refractivity contribution is -0.146. The number of aliphatic hydroxyl groups excluding tert-OH is 1. The molecule has 27 heteroatoms. The Bertz CT molecular complexity index is 3770. The van der Waals surface area contributed by atoms with E-state index in [1.807, 2.05) is 0 Å². The number of unbranched alkanes of at least 4 members (excludes halogenated alkanes) is 1. The number of benzene rings is 6. The van der Waals surface area contributed by atoms with Crippen molar-refractivity contribution in [1.82, 2.24) is 37.2 Å². The number of methoxy groups -OCH3 is 1. The molecule has 0 radical (unpaired) electrons. The Morgan fingerprint density at radius 2 is 1.30 bits per heavy atom. The van der Waals surface area contributed by atoms with Gasteiger partial charge >= 0.3 is 18.2 Å². The lowest BCUT2D eigenvalue weighted by atomic mass is 9.89. The second-order valence-electron chi connectivity index (χ2n) is 22.0. The van der Waals surface area contributed by atoms with Crippen LogP contribution in [0.5, 0.6) is 46.0 Å². The molecule has 0 saturated heterocycles. The molecule has 7 atom stereocenters. The fraction of sp³-hybridized carbons (Fsp3) is 0.290. The third-order valence-corrected chi connectivity index (χ3v) is 15.0. The number of hydrogen-bond donors (Lipinski definition) is 12. The number of amides is 7. The van der Waals surface area contributed by atoms with Crippen LogP contribution in [0, 0.1) is 0 Å². The first-order chi connectivity index (χ1) is 42.3. The first kappa shape index (κ1) is 63.5. The van der Waals surface area contributed by atoms with Crippen molar-refractivity contribution in [3.63, 3.8) is 0 Å². The van der Waals surface area contributed by atoms with Gasteiger partial charge in [0.05, 0.1) is 17.2 Å². The molecule has 7 amide bonds. The maximum Gasteiger partial charge on any atom is 0.408 e. The molecule has 0 aliphatic carbocycles. The second kappa shape index (κ2) is 27.0. The standard InChI is InChI=1S/C62H61Cl2N7O18/c1-62(2,3)89-60(83)65-19-9-8-12-39-54(77)68-49-33-24-45(87-43-17-13-30(20-37(43)63)21-40(55(78)66-39)67-61(84)86-28-29-10-6-5-7-11-29)53(76)46(25-33)88-44-18-15-32(23-38(44)64)52(75)51-58(81)70-50(59(82)85-4)36-26-34(72)27-42(74)47(36)35-22-31(14-16-41(35)73)48(56(79)71-51)69-57(49)80/h5-7,10-11,13-18,20,22-27,39-40,48-52,72-76H,8-9,12,19,21,28H2,1-4H3,(H,65,83)(H,66,78)(H,67,84)(H,68,77)(H,69,80)(H,70,81)(H,71,79)/t39-,40+,48+,49+,50+,51-,52+/m0/s1. The van der Waals surface area contributed by atoms with E-state index in [1.165, 1.54) is 42.5 Å². The van der Waals surface area contributed by atoms with Gasteiger partial charge in [0.15, 0.2) is 17.5 Å². The molecule has 0 unspecified atom stereocenters. The minimum atomic E-state index is -2.11. The number of hydrogen-bond acceptors (Lipinski definition) is 18. The highest BCUT2D eigenvalue weighted by Gasteiger charge is 2.41. The largest absolute Gasteiger partial charge is 0.508 e. The average Bonchev–Trinajstić information content (AvgIpc) is 0.853. The number of rotatable bonds is 9. The molecule has 0 spiro atoms. The molecule has 0 aromatic heterocycles. The number of nitrogens with one attached hydrogen (secondary N) is 7. The fourth-order valence-corrected chi connectivity index (χ4v) is 10.5. The summed E-state index contributed by atoms with van der Waals surface area (Å²) in [5, 5.41) is 75.8. The van der Waals surface area contributed by atoms with E-state index in [0.29, 0.717) is 11.1 Å². The number of phenolic OH excluding ortho intramolecular Hbond substituents is 4. The van der Waals surface area contributed by atoms with Crippen LogP contribution in [0.2, 0.25) is 10.0 Å². The number of esters is 1. The summed E-state index contributed by atoms with van der Waals surface area (Å²) in [5.41, 5.74) is -1.44. The molecule has 466 valence electrons. The number of alkyl carbamates (subject to hydrolysis) is 2. The Labute approximate surface area is 517 Å². The molecule has 5 aliphatic rings. The molecule has 5 aliphatic heterocycles. The first-order valence-electron chi connectivity index (χ1n) is 27.8. The van der Waals surface area contributed by atoms with Crippen LogP contribution in [-0.2, 0) is 56.0 Å². The van der Waals surface area contributed by atoms with E-state index in [-0.39, 0.29) is 93.8 Å². The highest BCUT2D eigenvalue weighted by atomic mass is 35.5. The molecule has 6 aromatic carbocycles. The number of aromatic hydroxyl groups is 4. The van der Waals surface area contributed by atoms with E-state index >= 15 is 14.4 Å². The predicted octanol–water partition coefficient (Wildman–Crippen LogP) is 6.99. The molecule has 12 N–H and O–H groups in total. The summed E-state index contributed by atoms with van der Waals surface area (Å²) in [7, 11) is 0.978. The van der Waals surface area contributed by atoms with Crippen LogP contribution in [0.15, 0.2) is 109 Å². The van der Waals surface area contributed by atoms with Gasteiger partial charge in [-0.15, -0.1) is 0 Å². The quantitative estimate of drug-likeness (QED) is 0.0394. The van der Waals surface area contributed by atoms with Gasteiger partial charge in [-0.3, -0.25) is 24.0 Å². The van der Waals surface area contributed by atoms with Gasteiger partial charge in [0.1, 0.15) is 77.3 Å². The smallest absolute Gasteiger partial charge is 0.408 e. The zero-order chi connectivity index (χ0) is 64.0. The first-order valence-corrected chi connectivity index (χ1v) is 28.5. The second-order valence-corrected chi connectivity index (χ2v) is 22.8. The molecule has 11 rings (SSSR count). The molecular weight excluding hydrogens is 1200 g/mol. The van der Waals surface area contributed by atoms with Crippen molar-refractivity contribution in [2.45, 2.75) is 101 Å². The van der Waals surface area contributed by atoms with Gasteiger partial charge in [-0.2, -0.15) is 0 Å². The van der Waals surface area contributed by atoms with Crippen LogP contribution in [0.3, 0.4) is 0 Å². The number of carbonyl (C=O) groups excluding carboxylic acids is 8. The monoisotopic (exact) mass is 1260 g/mol. The summed E-state index contributed by atoms with van der Waals surface area (Å²) in [6, 6.07) is 13.1. The molecule has 11 bridgehead atoms. The molecule has 5 heterocycles. The zero-order valence-corrected chi connectivity index (χ0v) is 49.5. The number of phenols is 4. The SMILES string of the molecule is COC(=O)[C@@H]1NC(=O)[C@H]2NC(=O)[C@H](NC(=O)[C@@H]3NC(=O)[C@H](CCCCNC(=O)OC(C)(C)C)NC(=O)[C@H](NC(=O)OCc4ccccc4)Cc4ccc(c(Cl)c4)Oc4cc3cc(c4O)Oc3ccc(cc3Cl)[C@H]2O)c2ccc(O)c(c2)-c2c(O)cc(O)cc21. The maximum atomic E-state index is 15.7. The van der Waals surface area contributed by atoms with Crippen LogP contribution in [0.4, 0.5) is 9.59 Å². The summed E-state index contributed by atoms with van der Waals surface area (Å²) in [6.07, 6.45) is -3.94. The average molecular weight is 1260 g/mol. The molecular formula is C62H61Cl2N7O18. The van der Waals surface area contributed by atoms with Crippen molar-refractivity contribution in [3.05, 3.63) is 153 Å². The van der Waals surface area contributed by atoms with Gasteiger partial charge < -0.3 is 86.4 Å². The molecule has 0 fully saturated rings. The Morgan fingerprint density at radius 3 is 1.98 bits per heavy atom. The summed E-state index contributed by atoms with van der Waals surface area (Å²) in [6.45, 7) is 4.91. The highest BCUT2D eigenvalue weighted by Crippen LogP contribution is 2.47. The van der Waals surface area contributed by atoms with Gasteiger partial charge in [0.25, 0.3) is 0 Å². The molecule has 25 nitrogen and oxygen atoms in total. The summed E-state index contributed by atoms with van der Waals surface area (Å²) in [4.78, 5) is 115. The van der Waals surface area contributed by atoms with E-state index in [2.05, 4.69) is 37.2 Å². The topological polar surface area (TPSA) is 368 Å². The van der Waals surface area contributed by atoms with Crippen molar-refractivity contribution >= 4 is 70.9 Å². The number of carbonyl (C=O) groups is 8. The van der Waals surface area contributed by atoms with Gasteiger partial charge in [0.2, 0.25) is 35.3 Å². The van der Waals surface area contributed by atoms with Crippen LogP contribution in [-0.4, -0.2) is 111 Å². The van der Waals surface area contributed by atoms with Crippen LogP contribution in [0.1, 0.15) is 97.6 Å². The van der Waals surface area contributed by atoms with Crippen LogP contribution < -0.4 is 46.7 Å². The number of ether oxygens (including phenoxy) is 5. The van der Waals surface area contributed by atoms with Crippen molar-refractivity contribution in [1.29, 1.82) is 0 Å². The normalized spacial score (nSPS) is 20.1. The maximum absolute atomic E-state index is 15.7. The summed E-state index contributed by atoms with van der Waals surface area (Å²) >= 11 is 13.7. The fourth-order valence-electron chi connectivity index (χ4n) is 10.1. The Kier molecular flexibility index (Phi) is 19.2. The highest BCUT2D eigenvalue weighted by molar-refractivity contribution is 6.32. The van der Waals surface area contributed by atoms with E-state index in [1.54, 1.807) is 51.1 Å².